The Hall–Kier alpha value is -2.30. The Morgan fingerprint density at radius 2 is 1.55 bits per heavy atom. The smallest absolute Gasteiger partial charge is 0.254 e. The summed E-state index contributed by atoms with van der Waals surface area (Å²) in [6.07, 6.45) is 4.64. The normalized spacial score (nSPS) is 23.7. The van der Waals surface area contributed by atoms with Crippen molar-refractivity contribution in [2.75, 3.05) is 7.05 Å². The fourth-order valence-electron chi connectivity index (χ4n) is 5.34. The number of benzene rings is 2. The predicted octanol–water partition coefficient (Wildman–Crippen LogP) is 4.62. The maximum absolute atomic E-state index is 13.5. The quantitative estimate of drug-likeness (QED) is 0.685. The predicted molar refractivity (Wildman–Crippen MR) is 121 cm³/mol. The molecule has 0 saturated carbocycles. The zero-order valence-electron chi connectivity index (χ0n) is 17.0. The summed E-state index contributed by atoms with van der Waals surface area (Å²) < 4.78 is 2.15. The minimum absolute atomic E-state index is 0. The maximum atomic E-state index is 13.5. The highest BCUT2D eigenvalue weighted by Gasteiger charge is 2.39. The van der Waals surface area contributed by atoms with Crippen molar-refractivity contribution in [3.05, 3.63) is 60.2 Å². The number of carbonyl (C=O) groups excluding carboxylic acids is 1. The molecule has 29 heavy (non-hydrogen) atoms. The van der Waals surface area contributed by atoms with Gasteiger partial charge in [-0.15, -0.1) is 12.4 Å². The van der Waals surface area contributed by atoms with Crippen LogP contribution >= 0.6 is 12.4 Å². The monoisotopic (exact) mass is 409 g/mol. The molecule has 1 N–H and O–H groups in total. The van der Waals surface area contributed by atoms with Crippen LogP contribution in [0.15, 0.2) is 54.6 Å². The molecule has 2 saturated heterocycles. The van der Waals surface area contributed by atoms with Gasteiger partial charge in [-0.3, -0.25) is 4.79 Å². The van der Waals surface area contributed by atoms with Gasteiger partial charge < -0.3 is 14.8 Å². The lowest BCUT2D eigenvalue weighted by atomic mass is 9.97. The van der Waals surface area contributed by atoms with Crippen LogP contribution in [0.3, 0.4) is 0 Å². The van der Waals surface area contributed by atoms with Crippen molar-refractivity contribution in [3.8, 4) is 11.3 Å². The highest BCUT2D eigenvalue weighted by molar-refractivity contribution is 6.12. The van der Waals surface area contributed by atoms with E-state index in [9.17, 15) is 4.79 Å². The average Bonchev–Trinajstić information content (AvgIpc) is 3.10. The Balaban J connectivity index is 0.00000205. The van der Waals surface area contributed by atoms with Gasteiger partial charge in [0.05, 0.1) is 11.3 Å². The number of carbonyl (C=O) groups is 1. The summed E-state index contributed by atoms with van der Waals surface area (Å²) in [6, 6.07) is 20.0. The first-order chi connectivity index (χ1) is 13.6. The molecule has 0 spiro atoms. The topological polar surface area (TPSA) is 37.3 Å². The van der Waals surface area contributed by atoms with Crippen molar-refractivity contribution in [2.45, 2.75) is 43.8 Å². The molecule has 2 aromatic carbocycles. The molecule has 2 unspecified atom stereocenters. The lowest BCUT2D eigenvalue weighted by Gasteiger charge is -2.36. The number of hydrogen-bond donors (Lipinski definition) is 1. The van der Waals surface area contributed by atoms with Crippen molar-refractivity contribution >= 4 is 29.2 Å². The van der Waals surface area contributed by atoms with E-state index in [1.54, 1.807) is 0 Å². The fraction of sp³-hybridized carbons (Fsp3) is 0.375. The summed E-state index contributed by atoms with van der Waals surface area (Å²) in [6.45, 7) is 0. The lowest BCUT2D eigenvalue weighted by molar-refractivity contribution is 0.0884. The van der Waals surface area contributed by atoms with Crippen LogP contribution in [0.25, 0.3) is 22.2 Å². The number of fused-ring (bicyclic) bond motifs is 3. The standard InChI is InChI=1S/C24H27N3O.ClH/c1-26-18-12-13-19(26)15-17(14-18)25-24(28)22-20-10-6-7-11-21(20)27(2)23(22)16-8-4-3-5-9-16;/h3-11,17-19H,12-15H2,1-2H3,(H,25,28);1H. The van der Waals surface area contributed by atoms with Gasteiger partial charge in [0.1, 0.15) is 0 Å². The number of rotatable bonds is 3. The molecular weight excluding hydrogens is 382 g/mol. The number of nitrogens with zero attached hydrogens (tertiary/aromatic N) is 2. The third-order valence-electron chi connectivity index (χ3n) is 6.81. The van der Waals surface area contributed by atoms with E-state index in [2.05, 4.69) is 53.1 Å². The third-order valence-corrected chi connectivity index (χ3v) is 6.81. The number of aryl methyl sites for hydroxylation is 1. The van der Waals surface area contributed by atoms with Crippen LogP contribution in [0.1, 0.15) is 36.0 Å². The minimum atomic E-state index is 0. The Morgan fingerprint density at radius 3 is 2.24 bits per heavy atom. The van der Waals surface area contributed by atoms with Crippen molar-refractivity contribution < 1.29 is 4.79 Å². The van der Waals surface area contributed by atoms with Crippen LogP contribution in [-0.4, -0.2) is 40.5 Å². The highest BCUT2D eigenvalue weighted by Crippen LogP contribution is 2.36. The molecule has 2 aliphatic rings. The molecule has 5 heteroatoms. The van der Waals surface area contributed by atoms with E-state index in [0.29, 0.717) is 12.1 Å². The SMILES string of the molecule is CN1C2CCC1CC(NC(=O)c1c(-c3ccccc3)n(C)c3ccccc13)C2.Cl. The molecule has 2 bridgehead atoms. The Labute approximate surface area is 178 Å². The van der Waals surface area contributed by atoms with E-state index >= 15 is 0 Å². The molecule has 1 aromatic heterocycles. The molecule has 3 aromatic rings. The van der Waals surface area contributed by atoms with Crippen molar-refractivity contribution in [3.63, 3.8) is 0 Å². The number of amides is 1. The summed E-state index contributed by atoms with van der Waals surface area (Å²) in [7, 11) is 4.29. The molecular formula is C24H28ClN3O. The summed E-state index contributed by atoms with van der Waals surface area (Å²) in [4.78, 5) is 16.0. The van der Waals surface area contributed by atoms with Crippen LogP contribution in [0, 0.1) is 0 Å². The lowest BCUT2D eigenvalue weighted by Crippen LogP contribution is -2.48. The van der Waals surface area contributed by atoms with Crippen LogP contribution in [-0.2, 0) is 7.05 Å². The number of nitrogens with one attached hydrogen (secondary N) is 1. The summed E-state index contributed by atoms with van der Waals surface area (Å²) in [5, 5.41) is 4.42. The molecule has 4 nitrogen and oxygen atoms in total. The second-order valence-electron chi connectivity index (χ2n) is 8.36. The van der Waals surface area contributed by atoms with Crippen LogP contribution in [0.2, 0.25) is 0 Å². The number of halogens is 1. The van der Waals surface area contributed by atoms with Gasteiger partial charge in [-0.1, -0.05) is 48.5 Å². The van der Waals surface area contributed by atoms with Gasteiger partial charge >= 0.3 is 0 Å². The summed E-state index contributed by atoms with van der Waals surface area (Å²) in [5.74, 6) is 0.0598. The van der Waals surface area contributed by atoms with Crippen molar-refractivity contribution in [1.82, 2.24) is 14.8 Å². The van der Waals surface area contributed by atoms with Crippen LogP contribution < -0.4 is 5.32 Å². The fourth-order valence-corrected chi connectivity index (χ4v) is 5.34. The molecule has 5 rings (SSSR count). The number of piperidine rings is 1. The first kappa shape index (κ1) is 20.0. The first-order valence-corrected chi connectivity index (χ1v) is 10.3. The molecule has 2 atom stereocenters. The van der Waals surface area contributed by atoms with Crippen LogP contribution in [0.5, 0.6) is 0 Å². The molecule has 1 amide bonds. The highest BCUT2D eigenvalue weighted by atomic mass is 35.5. The first-order valence-electron chi connectivity index (χ1n) is 10.3. The van der Waals surface area contributed by atoms with Gasteiger partial charge in [0, 0.05) is 36.1 Å². The van der Waals surface area contributed by atoms with Gasteiger partial charge in [-0.05, 0) is 44.4 Å². The Morgan fingerprint density at radius 1 is 0.931 bits per heavy atom. The third kappa shape index (κ3) is 3.34. The molecule has 3 heterocycles. The number of para-hydroxylation sites is 1. The average molecular weight is 410 g/mol. The molecule has 2 aliphatic heterocycles. The van der Waals surface area contributed by atoms with Gasteiger partial charge in [0.15, 0.2) is 0 Å². The van der Waals surface area contributed by atoms with Crippen LogP contribution in [0.4, 0.5) is 0 Å². The number of aromatic nitrogens is 1. The second-order valence-corrected chi connectivity index (χ2v) is 8.36. The number of hydrogen-bond acceptors (Lipinski definition) is 2. The molecule has 152 valence electrons. The molecule has 2 fully saturated rings. The Kier molecular flexibility index (Phi) is 5.41. The summed E-state index contributed by atoms with van der Waals surface area (Å²) >= 11 is 0. The van der Waals surface area contributed by atoms with E-state index in [1.807, 2.05) is 30.3 Å². The van der Waals surface area contributed by atoms with Crippen molar-refractivity contribution in [1.29, 1.82) is 0 Å². The summed E-state index contributed by atoms with van der Waals surface area (Å²) in [5.41, 5.74) is 3.97. The second kappa shape index (κ2) is 7.85. The Bertz CT molecular complexity index is 1020. The van der Waals surface area contributed by atoms with Gasteiger partial charge in [0.25, 0.3) is 5.91 Å². The molecule has 0 radical (unpaired) electrons. The van der Waals surface area contributed by atoms with Crippen molar-refractivity contribution in [2.24, 2.45) is 7.05 Å². The largest absolute Gasteiger partial charge is 0.349 e. The zero-order valence-corrected chi connectivity index (χ0v) is 17.8. The molecule has 0 aliphatic carbocycles. The van der Waals surface area contributed by atoms with Gasteiger partial charge in [-0.2, -0.15) is 0 Å². The van der Waals surface area contributed by atoms with E-state index < -0.39 is 0 Å². The van der Waals surface area contributed by atoms with Gasteiger partial charge in [0.2, 0.25) is 0 Å². The van der Waals surface area contributed by atoms with E-state index in [-0.39, 0.29) is 24.4 Å². The van der Waals surface area contributed by atoms with E-state index in [0.717, 1.165) is 40.6 Å². The van der Waals surface area contributed by atoms with E-state index in [4.69, 9.17) is 0 Å². The van der Waals surface area contributed by atoms with Gasteiger partial charge in [-0.25, -0.2) is 0 Å². The van der Waals surface area contributed by atoms with E-state index in [1.165, 1.54) is 12.8 Å². The maximum Gasteiger partial charge on any atom is 0.254 e. The zero-order chi connectivity index (χ0) is 19.3. The minimum Gasteiger partial charge on any atom is -0.349 e.